The maximum atomic E-state index is 3.89. The molecule has 0 radical (unpaired) electrons. The molecule has 0 fully saturated rings. The van der Waals surface area contributed by atoms with Crippen molar-refractivity contribution in [2.45, 2.75) is 20.8 Å². The summed E-state index contributed by atoms with van der Waals surface area (Å²) in [6.07, 6.45) is 8.16. The lowest BCUT2D eigenvalue weighted by Crippen LogP contribution is -1.95. The Bertz CT molecular complexity index is 1000. The Labute approximate surface area is 163 Å². The second-order valence-corrected chi connectivity index (χ2v) is 6.75. The van der Waals surface area contributed by atoms with Crippen molar-refractivity contribution in [1.29, 1.82) is 0 Å². The van der Waals surface area contributed by atoms with Gasteiger partial charge in [-0.05, 0) is 71.4 Å². The van der Waals surface area contributed by atoms with Gasteiger partial charge in [0.2, 0.25) is 0 Å². The predicted octanol–water partition coefficient (Wildman–Crippen LogP) is 7.78. The molecule has 0 atom stereocenters. The molecule has 0 aliphatic rings. The minimum atomic E-state index is 1.18. The van der Waals surface area contributed by atoms with Gasteiger partial charge in [0.1, 0.15) is 0 Å². The molecular weight excluding hydrogens is 324 g/mol. The number of rotatable bonds is 5. The summed E-state index contributed by atoms with van der Waals surface area (Å²) in [4.78, 5) is 0. The van der Waals surface area contributed by atoms with Gasteiger partial charge in [-0.25, -0.2) is 0 Å². The van der Waals surface area contributed by atoms with E-state index in [1.807, 2.05) is 13.0 Å². The van der Waals surface area contributed by atoms with E-state index in [1.165, 1.54) is 44.5 Å². The number of aryl methyl sites for hydroxylation is 2. The van der Waals surface area contributed by atoms with Gasteiger partial charge >= 0.3 is 0 Å². The first-order chi connectivity index (χ1) is 13.2. The molecule has 0 amide bonds. The van der Waals surface area contributed by atoms with Gasteiger partial charge in [-0.1, -0.05) is 91.5 Å². The quantitative estimate of drug-likeness (QED) is 0.412. The molecule has 134 valence electrons. The summed E-state index contributed by atoms with van der Waals surface area (Å²) < 4.78 is 0. The number of hydrogen-bond donors (Lipinski definition) is 0. The van der Waals surface area contributed by atoms with Crippen LogP contribution in [-0.2, 0) is 0 Å². The Morgan fingerprint density at radius 2 is 1.59 bits per heavy atom. The van der Waals surface area contributed by atoms with Crippen LogP contribution in [0.3, 0.4) is 0 Å². The Hall–Kier alpha value is -3.12. The fourth-order valence-corrected chi connectivity index (χ4v) is 3.51. The van der Waals surface area contributed by atoms with Crippen molar-refractivity contribution < 1.29 is 0 Å². The molecular formula is C27H26. The molecule has 27 heavy (non-hydrogen) atoms. The minimum Gasteiger partial charge on any atom is -0.0990 e. The van der Waals surface area contributed by atoms with Crippen LogP contribution in [0.1, 0.15) is 23.6 Å². The molecule has 0 bridgehead atoms. The highest BCUT2D eigenvalue weighted by atomic mass is 14.2. The van der Waals surface area contributed by atoms with Gasteiger partial charge < -0.3 is 0 Å². The molecule has 0 saturated heterocycles. The molecule has 3 aromatic rings. The van der Waals surface area contributed by atoms with E-state index in [4.69, 9.17) is 0 Å². The normalized spacial score (nSPS) is 11.7. The molecule has 3 aromatic carbocycles. The molecule has 0 heterocycles. The van der Waals surface area contributed by atoms with Crippen molar-refractivity contribution in [2.24, 2.45) is 0 Å². The van der Waals surface area contributed by atoms with Crippen LogP contribution in [0.25, 0.3) is 27.8 Å². The van der Waals surface area contributed by atoms with Gasteiger partial charge in [0.05, 0.1) is 0 Å². The minimum absolute atomic E-state index is 1.18. The molecule has 0 spiro atoms. The second kappa shape index (κ2) is 8.51. The van der Waals surface area contributed by atoms with Gasteiger partial charge in [-0.2, -0.15) is 0 Å². The van der Waals surface area contributed by atoms with Crippen LogP contribution in [0, 0.1) is 13.8 Å². The third-order valence-corrected chi connectivity index (χ3v) is 4.84. The van der Waals surface area contributed by atoms with Gasteiger partial charge in [0.15, 0.2) is 0 Å². The summed E-state index contributed by atoms with van der Waals surface area (Å²) in [5.74, 6) is 0. The standard InChI is InChI=1S/C27H26/c1-5-11-23(12-6-2)25-16-10-13-21(4)27(25)26-19-24(18-17-20(26)3)22-14-8-7-9-15-22/h5-19H,1H2,2-4H3/b12-6-,23-11+. The van der Waals surface area contributed by atoms with Crippen molar-refractivity contribution in [3.63, 3.8) is 0 Å². The summed E-state index contributed by atoms with van der Waals surface area (Å²) in [5, 5.41) is 0. The molecule has 0 N–H and O–H groups in total. The van der Waals surface area contributed by atoms with E-state index in [9.17, 15) is 0 Å². The molecule has 0 aliphatic carbocycles. The van der Waals surface area contributed by atoms with Crippen LogP contribution in [-0.4, -0.2) is 0 Å². The lowest BCUT2D eigenvalue weighted by atomic mass is 9.87. The monoisotopic (exact) mass is 350 g/mol. The Morgan fingerprint density at radius 1 is 0.815 bits per heavy atom. The highest BCUT2D eigenvalue weighted by Crippen LogP contribution is 2.36. The fourth-order valence-electron chi connectivity index (χ4n) is 3.51. The zero-order chi connectivity index (χ0) is 19.2. The van der Waals surface area contributed by atoms with Crippen molar-refractivity contribution in [3.8, 4) is 22.3 Å². The molecule has 0 nitrogen and oxygen atoms in total. The van der Waals surface area contributed by atoms with Crippen molar-refractivity contribution in [1.82, 2.24) is 0 Å². The summed E-state index contributed by atoms with van der Waals surface area (Å²) in [5.41, 5.74) is 10.0. The van der Waals surface area contributed by atoms with E-state index in [1.54, 1.807) is 0 Å². The largest absolute Gasteiger partial charge is 0.0990 e. The van der Waals surface area contributed by atoms with Gasteiger partial charge in [-0.15, -0.1) is 0 Å². The summed E-state index contributed by atoms with van der Waals surface area (Å²) in [7, 11) is 0. The first kappa shape index (κ1) is 18.7. The highest BCUT2D eigenvalue weighted by Gasteiger charge is 2.13. The third-order valence-electron chi connectivity index (χ3n) is 4.84. The van der Waals surface area contributed by atoms with E-state index in [0.29, 0.717) is 0 Å². The molecule has 0 aromatic heterocycles. The zero-order valence-corrected chi connectivity index (χ0v) is 16.4. The highest BCUT2D eigenvalue weighted by molar-refractivity contribution is 5.89. The Morgan fingerprint density at radius 3 is 2.30 bits per heavy atom. The SMILES string of the molecule is C=C/C=C(\C=C/C)c1cccc(C)c1-c1cc(-c2ccccc2)ccc1C. The maximum Gasteiger partial charge on any atom is -0.00732 e. The first-order valence-electron chi connectivity index (χ1n) is 9.37. The molecule has 0 aliphatic heterocycles. The smallest absolute Gasteiger partial charge is 0.00732 e. The average molecular weight is 351 g/mol. The van der Waals surface area contributed by atoms with Crippen molar-refractivity contribution >= 4 is 5.57 Å². The van der Waals surface area contributed by atoms with Crippen LogP contribution in [0.5, 0.6) is 0 Å². The number of benzene rings is 3. The number of allylic oxidation sites excluding steroid dienone is 5. The molecule has 0 saturated carbocycles. The van der Waals surface area contributed by atoms with Crippen LogP contribution in [0.4, 0.5) is 0 Å². The van der Waals surface area contributed by atoms with Crippen LogP contribution in [0.2, 0.25) is 0 Å². The maximum absolute atomic E-state index is 3.89. The number of hydrogen-bond acceptors (Lipinski definition) is 0. The zero-order valence-electron chi connectivity index (χ0n) is 16.4. The van der Waals surface area contributed by atoms with Crippen LogP contribution >= 0.6 is 0 Å². The van der Waals surface area contributed by atoms with Crippen molar-refractivity contribution in [2.75, 3.05) is 0 Å². The first-order valence-corrected chi connectivity index (χ1v) is 9.37. The second-order valence-electron chi connectivity index (χ2n) is 6.75. The molecule has 0 unspecified atom stereocenters. The van der Waals surface area contributed by atoms with E-state index in [0.717, 1.165) is 0 Å². The fraction of sp³-hybridized carbons (Fsp3) is 0.111. The van der Waals surface area contributed by atoms with Crippen molar-refractivity contribution in [3.05, 3.63) is 114 Å². The van der Waals surface area contributed by atoms with Crippen LogP contribution in [0.15, 0.2) is 97.6 Å². The summed E-state index contributed by atoms with van der Waals surface area (Å²) in [6.45, 7) is 10.3. The third kappa shape index (κ3) is 4.01. The summed E-state index contributed by atoms with van der Waals surface area (Å²) in [6, 6.07) is 23.8. The van der Waals surface area contributed by atoms with E-state index in [-0.39, 0.29) is 0 Å². The van der Waals surface area contributed by atoms with E-state index < -0.39 is 0 Å². The molecule has 0 heteroatoms. The lowest BCUT2D eigenvalue weighted by Gasteiger charge is -2.17. The van der Waals surface area contributed by atoms with Gasteiger partial charge in [0.25, 0.3) is 0 Å². The molecule has 3 rings (SSSR count). The lowest BCUT2D eigenvalue weighted by molar-refractivity contribution is 1.39. The Balaban J connectivity index is 2.26. The van der Waals surface area contributed by atoms with Gasteiger partial charge in [0, 0.05) is 0 Å². The average Bonchev–Trinajstić information content (AvgIpc) is 2.69. The van der Waals surface area contributed by atoms with E-state index in [2.05, 4.69) is 105 Å². The Kier molecular flexibility index (Phi) is 5.88. The van der Waals surface area contributed by atoms with Gasteiger partial charge in [-0.3, -0.25) is 0 Å². The topological polar surface area (TPSA) is 0 Å². The summed E-state index contributed by atoms with van der Waals surface area (Å²) >= 11 is 0. The predicted molar refractivity (Wildman–Crippen MR) is 120 cm³/mol. The van der Waals surface area contributed by atoms with E-state index >= 15 is 0 Å². The van der Waals surface area contributed by atoms with Crippen LogP contribution < -0.4 is 0 Å².